The van der Waals surface area contributed by atoms with Crippen LogP contribution in [0.5, 0.6) is 0 Å². The Kier molecular flexibility index (Phi) is 6.80. The molecule has 2 heterocycles. The van der Waals surface area contributed by atoms with Crippen molar-refractivity contribution in [2.24, 2.45) is 0 Å². The summed E-state index contributed by atoms with van der Waals surface area (Å²) in [5.74, 6) is 0. The Hall–Kier alpha value is -1.29. The maximum Gasteiger partial charge on any atom is 0.243 e. The van der Waals surface area contributed by atoms with Gasteiger partial charge in [0.2, 0.25) is 10.0 Å². The lowest BCUT2D eigenvalue weighted by molar-refractivity contribution is 0.00611. The normalized spacial score (nSPS) is 18.0. The molecular formula is C18H24N2O4S2. The summed E-state index contributed by atoms with van der Waals surface area (Å²) >= 11 is 1.63. The van der Waals surface area contributed by atoms with Gasteiger partial charge < -0.3 is 9.84 Å². The number of ether oxygens (including phenoxy) is 1. The van der Waals surface area contributed by atoms with Crippen LogP contribution in [0.15, 0.2) is 52.7 Å². The highest BCUT2D eigenvalue weighted by Gasteiger charge is 2.28. The van der Waals surface area contributed by atoms with Gasteiger partial charge in [0.1, 0.15) is 0 Å². The third-order valence-electron chi connectivity index (χ3n) is 4.32. The van der Waals surface area contributed by atoms with Crippen LogP contribution in [0.25, 0.3) is 0 Å². The van der Waals surface area contributed by atoms with Crippen molar-refractivity contribution >= 4 is 21.4 Å². The molecule has 1 unspecified atom stereocenters. The molecule has 1 saturated heterocycles. The molecule has 1 aliphatic rings. The first kappa shape index (κ1) is 19.5. The molecule has 8 heteroatoms. The van der Waals surface area contributed by atoms with Crippen LogP contribution in [0.4, 0.5) is 0 Å². The Morgan fingerprint density at radius 2 is 1.81 bits per heavy atom. The fourth-order valence-corrected chi connectivity index (χ4v) is 5.02. The predicted molar refractivity (Wildman–Crippen MR) is 102 cm³/mol. The zero-order valence-electron chi connectivity index (χ0n) is 14.5. The number of benzene rings is 1. The molecule has 142 valence electrons. The first-order valence-electron chi connectivity index (χ1n) is 8.61. The second-order valence-electron chi connectivity index (χ2n) is 6.27. The first-order chi connectivity index (χ1) is 12.6. The van der Waals surface area contributed by atoms with E-state index in [1.165, 1.54) is 4.31 Å². The van der Waals surface area contributed by atoms with Crippen LogP contribution in [0, 0.1) is 0 Å². The fraction of sp³-hybridized carbons (Fsp3) is 0.444. The van der Waals surface area contributed by atoms with E-state index in [0.29, 0.717) is 44.2 Å². The molecule has 26 heavy (non-hydrogen) atoms. The summed E-state index contributed by atoms with van der Waals surface area (Å²) in [5, 5.41) is 12.1. The van der Waals surface area contributed by atoms with E-state index in [2.05, 4.69) is 4.90 Å². The topological polar surface area (TPSA) is 70.1 Å². The number of nitrogens with zero attached hydrogens (tertiary/aromatic N) is 2. The number of rotatable bonds is 8. The molecule has 6 nitrogen and oxygen atoms in total. The smallest absolute Gasteiger partial charge is 0.243 e. The maximum absolute atomic E-state index is 12.6. The molecule has 1 aliphatic heterocycles. The Morgan fingerprint density at radius 3 is 2.46 bits per heavy atom. The van der Waals surface area contributed by atoms with Crippen molar-refractivity contribution in [3.05, 3.63) is 52.7 Å². The van der Waals surface area contributed by atoms with Crippen molar-refractivity contribution in [2.75, 3.05) is 39.3 Å². The highest BCUT2D eigenvalue weighted by Crippen LogP contribution is 2.17. The average Bonchev–Trinajstić information content (AvgIpc) is 3.16. The molecule has 0 amide bonds. The monoisotopic (exact) mass is 396 g/mol. The van der Waals surface area contributed by atoms with Gasteiger partial charge in [-0.15, -0.1) is 11.3 Å². The van der Waals surface area contributed by atoms with Gasteiger partial charge in [0.15, 0.2) is 0 Å². The van der Waals surface area contributed by atoms with E-state index < -0.39 is 16.1 Å². The molecule has 1 atom stereocenters. The second kappa shape index (κ2) is 9.07. The predicted octanol–water partition coefficient (Wildman–Crippen LogP) is 1.63. The number of thiophene rings is 1. The van der Waals surface area contributed by atoms with E-state index in [9.17, 15) is 13.5 Å². The van der Waals surface area contributed by atoms with Crippen LogP contribution < -0.4 is 0 Å². The Morgan fingerprint density at radius 1 is 1.08 bits per heavy atom. The van der Waals surface area contributed by atoms with E-state index in [1.54, 1.807) is 41.7 Å². The van der Waals surface area contributed by atoms with Gasteiger partial charge in [0.05, 0.1) is 24.2 Å². The van der Waals surface area contributed by atoms with Gasteiger partial charge in [-0.25, -0.2) is 8.42 Å². The summed E-state index contributed by atoms with van der Waals surface area (Å²) in [6.45, 7) is 3.35. The summed E-state index contributed by atoms with van der Waals surface area (Å²) in [6, 6.07) is 12.5. The summed E-state index contributed by atoms with van der Waals surface area (Å²) in [7, 11) is -3.43. The number of aliphatic hydroxyl groups is 1. The summed E-state index contributed by atoms with van der Waals surface area (Å²) in [5.41, 5.74) is 0. The standard InChI is InChI=1S/C18H24N2O4S2/c21-16(14-24-15-17-5-4-12-25-17)13-19-8-10-20(11-9-19)26(22,23)18-6-2-1-3-7-18/h1-7,12,16,21H,8-11,13-15H2. The van der Waals surface area contributed by atoms with Crippen LogP contribution in [0.2, 0.25) is 0 Å². The van der Waals surface area contributed by atoms with Crippen LogP contribution in [0.3, 0.4) is 0 Å². The molecule has 1 aromatic heterocycles. The third kappa shape index (κ3) is 5.12. The highest BCUT2D eigenvalue weighted by atomic mass is 32.2. The minimum Gasteiger partial charge on any atom is -0.389 e. The molecule has 0 spiro atoms. The molecule has 0 saturated carbocycles. The minimum atomic E-state index is -3.43. The van der Waals surface area contributed by atoms with Crippen molar-refractivity contribution in [1.29, 1.82) is 0 Å². The van der Waals surface area contributed by atoms with Gasteiger partial charge in [-0.05, 0) is 23.6 Å². The Labute approximate surface area is 158 Å². The maximum atomic E-state index is 12.6. The van der Waals surface area contributed by atoms with E-state index in [1.807, 2.05) is 17.5 Å². The lowest BCUT2D eigenvalue weighted by Crippen LogP contribution is -2.50. The lowest BCUT2D eigenvalue weighted by Gasteiger charge is -2.34. The van der Waals surface area contributed by atoms with E-state index >= 15 is 0 Å². The summed E-state index contributed by atoms with van der Waals surface area (Å²) < 4.78 is 32.3. The van der Waals surface area contributed by atoms with E-state index in [4.69, 9.17) is 4.74 Å². The van der Waals surface area contributed by atoms with Crippen LogP contribution in [-0.2, 0) is 21.4 Å². The molecule has 1 aromatic carbocycles. The van der Waals surface area contributed by atoms with Crippen molar-refractivity contribution in [3.8, 4) is 0 Å². The van der Waals surface area contributed by atoms with E-state index in [-0.39, 0.29) is 6.61 Å². The molecule has 2 aromatic rings. The van der Waals surface area contributed by atoms with Crippen LogP contribution >= 0.6 is 11.3 Å². The molecule has 0 radical (unpaired) electrons. The summed E-state index contributed by atoms with van der Waals surface area (Å²) in [4.78, 5) is 3.54. The number of hydrogen-bond donors (Lipinski definition) is 1. The van der Waals surface area contributed by atoms with Crippen molar-refractivity contribution in [3.63, 3.8) is 0 Å². The first-order valence-corrected chi connectivity index (χ1v) is 10.9. The number of piperazine rings is 1. The average molecular weight is 397 g/mol. The number of β-amino-alcohol motifs (C(OH)–C–C–N with tert-alkyl or cyclic N) is 1. The molecule has 1 fully saturated rings. The zero-order chi connectivity index (χ0) is 18.4. The Bertz CT molecular complexity index is 758. The quantitative estimate of drug-likeness (QED) is 0.735. The van der Waals surface area contributed by atoms with Gasteiger partial charge in [-0.2, -0.15) is 4.31 Å². The lowest BCUT2D eigenvalue weighted by atomic mass is 10.3. The molecule has 1 N–H and O–H groups in total. The molecule has 0 bridgehead atoms. The fourth-order valence-electron chi connectivity index (χ4n) is 2.93. The highest BCUT2D eigenvalue weighted by molar-refractivity contribution is 7.89. The number of hydrogen-bond acceptors (Lipinski definition) is 6. The van der Waals surface area contributed by atoms with Crippen LogP contribution in [0.1, 0.15) is 4.88 Å². The molecule has 3 rings (SSSR count). The zero-order valence-corrected chi connectivity index (χ0v) is 16.2. The second-order valence-corrected chi connectivity index (χ2v) is 9.24. The van der Waals surface area contributed by atoms with Crippen molar-refractivity contribution < 1.29 is 18.3 Å². The van der Waals surface area contributed by atoms with Gasteiger partial charge in [-0.1, -0.05) is 24.3 Å². The molecular weight excluding hydrogens is 372 g/mol. The number of aliphatic hydroxyl groups excluding tert-OH is 1. The van der Waals surface area contributed by atoms with Gasteiger partial charge >= 0.3 is 0 Å². The largest absolute Gasteiger partial charge is 0.389 e. The Balaban J connectivity index is 1.42. The summed E-state index contributed by atoms with van der Waals surface area (Å²) in [6.07, 6.45) is -0.577. The van der Waals surface area contributed by atoms with Crippen molar-refractivity contribution in [1.82, 2.24) is 9.21 Å². The van der Waals surface area contributed by atoms with Gasteiger partial charge in [0.25, 0.3) is 0 Å². The van der Waals surface area contributed by atoms with Crippen LogP contribution in [-0.4, -0.2) is 68.2 Å². The number of sulfonamides is 1. The van der Waals surface area contributed by atoms with Gasteiger partial charge in [-0.3, -0.25) is 4.90 Å². The van der Waals surface area contributed by atoms with E-state index in [0.717, 1.165) is 4.88 Å². The van der Waals surface area contributed by atoms with Gasteiger partial charge in [0, 0.05) is 37.6 Å². The minimum absolute atomic E-state index is 0.278. The third-order valence-corrected chi connectivity index (χ3v) is 7.08. The SMILES string of the molecule is O=S(=O)(c1ccccc1)N1CCN(CC(O)COCc2cccs2)CC1. The van der Waals surface area contributed by atoms with Crippen molar-refractivity contribution in [2.45, 2.75) is 17.6 Å². The molecule has 0 aliphatic carbocycles.